The summed E-state index contributed by atoms with van der Waals surface area (Å²) in [7, 11) is -3.24. The van der Waals surface area contributed by atoms with Gasteiger partial charge in [-0.3, -0.25) is 4.79 Å². The Bertz CT molecular complexity index is 839. The predicted molar refractivity (Wildman–Crippen MR) is 126 cm³/mol. The topological polar surface area (TPSA) is 92.7 Å². The van der Waals surface area contributed by atoms with Crippen molar-refractivity contribution in [2.75, 3.05) is 12.3 Å². The second-order valence-corrected chi connectivity index (χ2v) is 11.0. The minimum atomic E-state index is -3.24. The van der Waals surface area contributed by atoms with Gasteiger partial charge in [-0.15, -0.1) is 0 Å². The number of unbranched alkanes of at least 4 members (excludes halogenated alkanes) is 2. The zero-order chi connectivity index (χ0) is 22.8. The molecule has 0 radical (unpaired) electrons. The molecule has 0 aliphatic carbocycles. The summed E-state index contributed by atoms with van der Waals surface area (Å²) in [4.78, 5) is 10.6. The van der Waals surface area contributed by atoms with Crippen LogP contribution in [0.25, 0.3) is 0 Å². The third kappa shape index (κ3) is 8.01. The average molecular weight is 464 g/mol. The number of hydrogen-bond donors (Lipinski definition) is 2. The Morgan fingerprint density at radius 1 is 1.06 bits per heavy atom. The lowest BCUT2D eigenvalue weighted by Crippen LogP contribution is -2.29. The number of carboxylic acid groups (broad SMARTS) is 1. The van der Waals surface area contributed by atoms with Crippen LogP contribution in [0.3, 0.4) is 0 Å². The summed E-state index contributed by atoms with van der Waals surface area (Å²) in [6.45, 7) is 0.493. The molecule has 0 saturated carbocycles. The molecule has 6 nitrogen and oxygen atoms in total. The van der Waals surface area contributed by atoms with Gasteiger partial charge < -0.3 is 9.84 Å². The van der Waals surface area contributed by atoms with Crippen molar-refractivity contribution >= 4 is 16.0 Å². The van der Waals surface area contributed by atoms with Gasteiger partial charge in [-0.25, -0.2) is 13.1 Å². The summed E-state index contributed by atoms with van der Waals surface area (Å²) in [5, 5.41) is 8.71. The largest absolute Gasteiger partial charge is 0.481 e. The maximum absolute atomic E-state index is 12.2. The van der Waals surface area contributed by atoms with E-state index in [2.05, 4.69) is 16.9 Å². The predicted octanol–water partition coefficient (Wildman–Crippen LogP) is 4.31. The van der Waals surface area contributed by atoms with Crippen LogP contribution in [-0.4, -0.2) is 44.0 Å². The van der Waals surface area contributed by atoms with Crippen molar-refractivity contribution in [3.63, 3.8) is 0 Å². The molecule has 2 N–H and O–H groups in total. The number of ether oxygens (including phenoxy) is 1. The van der Waals surface area contributed by atoms with E-state index in [9.17, 15) is 13.2 Å². The van der Waals surface area contributed by atoms with Crippen LogP contribution in [0.15, 0.2) is 42.5 Å². The lowest BCUT2D eigenvalue weighted by Gasteiger charge is -2.27. The Balaban J connectivity index is 1.33. The first-order valence-electron chi connectivity index (χ1n) is 12.0. The lowest BCUT2D eigenvalue weighted by atomic mass is 9.75. The van der Waals surface area contributed by atoms with E-state index in [1.165, 1.54) is 0 Å². The fourth-order valence-electron chi connectivity index (χ4n) is 5.04. The molecule has 2 saturated heterocycles. The number of sulfonamides is 1. The molecule has 178 valence electrons. The van der Waals surface area contributed by atoms with Crippen LogP contribution in [0.5, 0.6) is 0 Å². The zero-order valence-electron chi connectivity index (χ0n) is 18.8. The number of nitrogens with one attached hydrogen (secondary N) is 1. The van der Waals surface area contributed by atoms with Gasteiger partial charge in [0.05, 0.1) is 18.0 Å². The molecular weight excluding hydrogens is 426 g/mol. The Hall–Kier alpha value is -1.70. The monoisotopic (exact) mass is 463 g/mol. The number of carboxylic acids is 1. The summed E-state index contributed by atoms with van der Waals surface area (Å²) in [5.41, 5.74) is 1.04. The molecule has 0 amide bonds. The number of allylic oxidation sites excluding steroid dienone is 2. The van der Waals surface area contributed by atoms with Gasteiger partial charge >= 0.3 is 5.97 Å². The van der Waals surface area contributed by atoms with Gasteiger partial charge in [0.1, 0.15) is 0 Å². The third-order valence-electron chi connectivity index (χ3n) is 6.72. The van der Waals surface area contributed by atoms with Gasteiger partial charge in [0.15, 0.2) is 0 Å². The van der Waals surface area contributed by atoms with E-state index in [0.717, 1.165) is 50.5 Å². The molecule has 2 heterocycles. The number of hydrogen-bond acceptors (Lipinski definition) is 4. The van der Waals surface area contributed by atoms with Crippen molar-refractivity contribution < 1.29 is 23.1 Å². The Labute approximate surface area is 192 Å². The maximum Gasteiger partial charge on any atom is 0.303 e. The van der Waals surface area contributed by atoms with E-state index in [0.29, 0.717) is 43.4 Å². The van der Waals surface area contributed by atoms with Crippen LogP contribution in [0.1, 0.15) is 63.4 Å². The zero-order valence-corrected chi connectivity index (χ0v) is 19.6. The molecule has 2 aliphatic rings. The van der Waals surface area contributed by atoms with Crippen molar-refractivity contribution in [2.24, 2.45) is 11.8 Å². The fourth-order valence-corrected chi connectivity index (χ4v) is 6.15. The first kappa shape index (κ1) is 24.9. The fraction of sp³-hybridized carbons (Fsp3) is 0.640. The molecule has 2 aliphatic heterocycles. The summed E-state index contributed by atoms with van der Waals surface area (Å²) in [6, 6.07) is 9.69. The van der Waals surface area contributed by atoms with Crippen LogP contribution in [0.2, 0.25) is 0 Å². The number of carbonyl (C=O) groups is 1. The van der Waals surface area contributed by atoms with Crippen LogP contribution in [-0.2, 0) is 26.0 Å². The average Bonchev–Trinajstić information content (AvgIpc) is 3.37. The number of rotatable bonds is 15. The molecule has 3 rings (SSSR count). The van der Waals surface area contributed by atoms with E-state index < -0.39 is 16.0 Å². The molecule has 2 bridgehead atoms. The normalized spacial score (nSPS) is 25.0. The standard InChI is InChI=1S/C25H37NO5S/c27-25(28)14-7-2-1-6-12-21-22(24-16-15-23(21)31-24)13-8-9-18-26-32(29,30)19-17-20-10-4-3-5-11-20/h1,3-6,10-11,21-24,26H,2,7-9,12-19H2,(H,27,28)/t21-,22+,23-,24+/m1/s1. The summed E-state index contributed by atoms with van der Waals surface area (Å²) in [6.07, 6.45) is 13.4. The van der Waals surface area contributed by atoms with Crippen LogP contribution < -0.4 is 4.72 Å². The highest BCUT2D eigenvalue weighted by molar-refractivity contribution is 7.89. The number of benzene rings is 1. The van der Waals surface area contributed by atoms with Gasteiger partial charge in [-0.1, -0.05) is 48.9 Å². The van der Waals surface area contributed by atoms with Crippen LogP contribution >= 0.6 is 0 Å². The van der Waals surface area contributed by atoms with Crippen molar-refractivity contribution in [2.45, 2.75) is 76.4 Å². The molecule has 7 heteroatoms. The molecule has 1 aromatic rings. The first-order chi connectivity index (χ1) is 15.4. The van der Waals surface area contributed by atoms with E-state index in [-0.39, 0.29) is 12.2 Å². The van der Waals surface area contributed by atoms with Crippen LogP contribution in [0.4, 0.5) is 0 Å². The van der Waals surface area contributed by atoms with Gasteiger partial charge in [0.2, 0.25) is 10.0 Å². The van der Waals surface area contributed by atoms with Crippen molar-refractivity contribution in [3.8, 4) is 0 Å². The highest BCUT2D eigenvalue weighted by atomic mass is 32.2. The van der Waals surface area contributed by atoms with Crippen molar-refractivity contribution in [1.29, 1.82) is 0 Å². The summed E-state index contributed by atoms with van der Waals surface area (Å²) < 4.78 is 33.4. The smallest absolute Gasteiger partial charge is 0.303 e. The minimum absolute atomic E-state index is 0.123. The molecular formula is C25H37NO5S. The Morgan fingerprint density at radius 2 is 1.81 bits per heavy atom. The molecule has 1 aromatic carbocycles. The molecule has 32 heavy (non-hydrogen) atoms. The van der Waals surface area contributed by atoms with E-state index >= 15 is 0 Å². The molecule has 0 aromatic heterocycles. The van der Waals surface area contributed by atoms with E-state index in [1.54, 1.807) is 0 Å². The molecule has 0 spiro atoms. The summed E-state index contributed by atoms with van der Waals surface area (Å²) in [5.74, 6) is 0.468. The molecule has 2 fully saturated rings. The highest BCUT2D eigenvalue weighted by Gasteiger charge is 2.47. The second kappa shape index (κ2) is 12.5. The van der Waals surface area contributed by atoms with Crippen molar-refractivity contribution in [3.05, 3.63) is 48.0 Å². The minimum Gasteiger partial charge on any atom is -0.481 e. The molecule has 0 unspecified atom stereocenters. The van der Waals surface area contributed by atoms with Gasteiger partial charge in [-0.05, 0) is 68.8 Å². The Kier molecular flexibility index (Phi) is 9.75. The van der Waals surface area contributed by atoms with Gasteiger partial charge in [-0.2, -0.15) is 0 Å². The van der Waals surface area contributed by atoms with Gasteiger partial charge in [0, 0.05) is 13.0 Å². The van der Waals surface area contributed by atoms with Crippen molar-refractivity contribution in [1.82, 2.24) is 4.72 Å². The third-order valence-corrected chi connectivity index (χ3v) is 8.10. The number of fused-ring (bicyclic) bond motifs is 2. The van der Waals surface area contributed by atoms with Gasteiger partial charge in [0.25, 0.3) is 0 Å². The quantitative estimate of drug-likeness (QED) is 0.299. The summed E-state index contributed by atoms with van der Waals surface area (Å²) >= 11 is 0. The lowest BCUT2D eigenvalue weighted by molar-refractivity contribution is -0.137. The Morgan fingerprint density at radius 3 is 2.56 bits per heavy atom. The van der Waals surface area contributed by atoms with Crippen LogP contribution in [0, 0.1) is 11.8 Å². The SMILES string of the molecule is O=C(O)CCCC=CC[C@@H]1[C@H](CCCCNS(=O)(=O)CCc2ccccc2)[C@@H]2CC[C@H]1O2. The first-order valence-corrected chi connectivity index (χ1v) is 13.6. The molecule has 4 atom stereocenters. The van der Waals surface area contributed by atoms with E-state index in [1.807, 2.05) is 30.3 Å². The second-order valence-electron chi connectivity index (χ2n) is 9.06. The van der Waals surface area contributed by atoms with E-state index in [4.69, 9.17) is 9.84 Å². The maximum atomic E-state index is 12.2. The highest BCUT2D eigenvalue weighted by Crippen LogP contribution is 2.47. The number of aliphatic carboxylic acids is 1. The number of aryl methyl sites for hydroxylation is 1.